The highest BCUT2D eigenvalue weighted by Crippen LogP contribution is 2.17. The molecule has 0 radical (unpaired) electrons. The van der Waals surface area contributed by atoms with Crippen LogP contribution in [0.25, 0.3) is 0 Å². The Morgan fingerprint density at radius 2 is 0.831 bits per heavy atom. The van der Waals surface area contributed by atoms with Gasteiger partial charge in [0, 0.05) is 6.42 Å². The third-order valence-corrected chi connectivity index (χ3v) is 11.7. The van der Waals surface area contributed by atoms with Crippen molar-refractivity contribution in [2.45, 2.75) is 257 Å². The van der Waals surface area contributed by atoms with E-state index in [0.717, 1.165) is 83.5 Å². The Hall–Kier alpha value is -3.22. The van der Waals surface area contributed by atoms with Gasteiger partial charge in [0.1, 0.15) is 6.10 Å². The molecule has 65 heavy (non-hydrogen) atoms. The summed E-state index contributed by atoms with van der Waals surface area (Å²) in [6.07, 6.45) is 69.0. The summed E-state index contributed by atoms with van der Waals surface area (Å²) in [5.74, 6) is -0.615. The van der Waals surface area contributed by atoms with Gasteiger partial charge in [0.15, 0.2) is 0 Å². The normalized spacial score (nSPS) is 14.0. The fraction of sp³-hybridized carbons (Fsp3) is 0.695. The van der Waals surface area contributed by atoms with Crippen molar-refractivity contribution in [3.8, 4) is 0 Å². The fourth-order valence-electron chi connectivity index (χ4n) is 7.60. The van der Waals surface area contributed by atoms with Gasteiger partial charge in [-0.05, 0) is 96.3 Å². The van der Waals surface area contributed by atoms with Crippen molar-refractivity contribution >= 4 is 11.9 Å². The largest absolute Gasteiger partial charge is 0.462 e. The molecule has 0 fully saturated rings. The topological polar surface area (TPSA) is 95.9 Å². The zero-order valence-electron chi connectivity index (χ0n) is 42.3. The van der Waals surface area contributed by atoms with Crippen LogP contribution in [0, 0.1) is 0 Å². The Labute approximate surface area is 401 Å². The van der Waals surface area contributed by atoms with E-state index in [1.807, 2.05) is 6.08 Å². The van der Waals surface area contributed by atoms with E-state index in [2.05, 4.69) is 117 Å². The summed E-state index contributed by atoms with van der Waals surface area (Å²) in [4.78, 5) is 26.2. The third-order valence-electron chi connectivity index (χ3n) is 11.7. The Kier molecular flexibility index (Phi) is 49.2. The van der Waals surface area contributed by atoms with Crippen LogP contribution in [0.1, 0.15) is 239 Å². The van der Waals surface area contributed by atoms with Crippen LogP contribution >= 0.6 is 0 Å². The number of aliphatic hydroxyl groups excluding tert-OH is 2. The van der Waals surface area contributed by atoms with Gasteiger partial charge in [0.05, 0.1) is 25.2 Å². The molecule has 3 atom stereocenters. The van der Waals surface area contributed by atoms with Crippen LogP contribution in [0.3, 0.4) is 0 Å². The van der Waals surface area contributed by atoms with Crippen molar-refractivity contribution in [3.63, 3.8) is 0 Å². The lowest BCUT2D eigenvalue weighted by atomic mass is 10.0. The van der Waals surface area contributed by atoms with E-state index in [9.17, 15) is 19.8 Å². The Bertz CT molecular complexity index is 1290. The smallest absolute Gasteiger partial charge is 0.306 e. The second kappa shape index (κ2) is 51.8. The lowest BCUT2D eigenvalue weighted by Crippen LogP contribution is -2.46. The highest BCUT2D eigenvalue weighted by Gasteiger charge is 2.24. The van der Waals surface area contributed by atoms with Gasteiger partial charge in [-0.3, -0.25) is 9.59 Å². The first-order valence-electron chi connectivity index (χ1n) is 27.0. The van der Waals surface area contributed by atoms with Gasteiger partial charge in [-0.1, -0.05) is 227 Å². The molecular weight excluding hydrogens is 803 g/mol. The first-order valence-corrected chi connectivity index (χ1v) is 27.0. The van der Waals surface area contributed by atoms with Crippen molar-refractivity contribution in [1.82, 2.24) is 5.32 Å². The molecule has 3 unspecified atom stereocenters. The monoisotopic (exact) mass is 904 g/mol. The minimum atomic E-state index is -0.816. The number of aliphatic hydroxyl groups is 2. The molecule has 0 saturated heterocycles. The predicted molar refractivity (Wildman–Crippen MR) is 282 cm³/mol. The fourth-order valence-corrected chi connectivity index (χ4v) is 7.60. The molecule has 0 rings (SSSR count). The van der Waals surface area contributed by atoms with Crippen LogP contribution in [0.4, 0.5) is 0 Å². The van der Waals surface area contributed by atoms with Crippen molar-refractivity contribution in [1.29, 1.82) is 0 Å². The number of unbranched alkanes of at least 4 members (excludes halogenated alkanes) is 19. The molecule has 0 aromatic heterocycles. The van der Waals surface area contributed by atoms with Crippen LogP contribution in [-0.4, -0.2) is 46.9 Å². The van der Waals surface area contributed by atoms with Crippen LogP contribution in [-0.2, 0) is 14.3 Å². The van der Waals surface area contributed by atoms with E-state index in [0.29, 0.717) is 19.3 Å². The first-order chi connectivity index (χ1) is 32.0. The summed E-state index contributed by atoms with van der Waals surface area (Å²) in [5.41, 5.74) is 0. The second-order valence-corrected chi connectivity index (χ2v) is 17.9. The molecule has 0 bridgehead atoms. The zero-order chi connectivity index (χ0) is 47.4. The van der Waals surface area contributed by atoms with Gasteiger partial charge in [0.2, 0.25) is 5.91 Å². The highest BCUT2D eigenvalue weighted by atomic mass is 16.5. The van der Waals surface area contributed by atoms with Crippen molar-refractivity contribution in [2.24, 2.45) is 0 Å². The van der Waals surface area contributed by atoms with Gasteiger partial charge in [-0.25, -0.2) is 0 Å². The number of esters is 1. The summed E-state index contributed by atoms with van der Waals surface area (Å²) in [6.45, 7) is 6.32. The number of nitrogens with one attached hydrogen (secondary N) is 1. The van der Waals surface area contributed by atoms with Gasteiger partial charge in [0.25, 0.3) is 0 Å². The molecule has 0 aromatic rings. The van der Waals surface area contributed by atoms with Crippen molar-refractivity contribution in [3.05, 3.63) is 97.2 Å². The summed E-state index contributed by atoms with van der Waals surface area (Å²) >= 11 is 0. The standard InChI is InChI=1S/C59H101NO5/c1-4-7-10-13-16-19-22-25-28-31-34-37-40-43-46-49-52-59(64)65-55(50-47-44-41-38-35-32-29-26-23-20-17-14-11-8-5-2)53-58(63)60-56(54-61)57(62)51-48-45-42-39-36-33-30-27-24-21-18-15-12-9-6-3/h7,10,16-17,19-20,25-26,28-29,34-35,37-38,43,46,55-57,61-62H,4-6,8-9,11-15,18,21-24,27,30-33,36,39-42,44-45,47-54H2,1-3H3,(H,60,63)/b10-7+,19-16+,20-17-,28-25+,29-26-,37-34+,38-35-,46-43+. The number of rotatable bonds is 47. The molecule has 0 aliphatic rings. The zero-order valence-corrected chi connectivity index (χ0v) is 42.3. The average Bonchev–Trinajstić information content (AvgIpc) is 3.30. The molecule has 3 N–H and O–H groups in total. The SMILES string of the molecule is CC/C=C/C/C=C/C/C=C/C/C=C/C/C=C/CCC(=O)OC(CCCC/C=C\C/C=C\C/C=C\CCCCC)CC(=O)NC(CO)C(O)CCCCCCCCCCCCCCCCC. The molecule has 6 heteroatoms. The minimum Gasteiger partial charge on any atom is -0.462 e. The Morgan fingerprint density at radius 3 is 1.28 bits per heavy atom. The summed E-state index contributed by atoms with van der Waals surface area (Å²) < 4.78 is 5.88. The second-order valence-electron chi connectivity index (χ2n) is 17.9. The lowest BCUT2D eigenvalue weighted by molar-refractivity contribution is -0.150. The third kappa shape index (κ3) is 47.1. The van der Waals surface area contributed by atoms with Crippen molar-refractivity contribution < 1.29 is 24.5 Å². The van der Waals surface area contributed by atoms with Crippen LogP contribution < -0.4 is 5.32 Å². The summed E-state index contributed by atoms with van der Waals surface area (Å²) in [7, 11) is 0. The lowest BCUT2D eigenvalue weighted by Gasteiger charge is -2.24. The number of amides is 1. The number of allylic oxidation sites excluding steroid dienone is 16. The maximum Gasteiger partial charge on any atom is 0.306 e. The highest BCUT2D eigenvalue weighted by molar-refractivity contribution is 5.77. The van der Waals surface area contributed by atoms with Gasteiger partial charge < -0.3 is 20.3 Å². The molecule has 6 nitrogen and oxygen atoms in total. The van der Waals surface area contributed by atoms with E-state index < -0.39 is 18.2 Å². The van der Waals surface area contributed by atoms with Crippen LogP contribution in [0.15, 0.2) is 97.2 Å². The first kappa shape index (κ1) is 61.8. The Morgan fingerprint density at radius 1 is 0.462 bits per heavy atom. The maximum absolute atomic E-state index is 13.2. The summed E-state index contributed by atoms with van der Waals surface area (Å²) in [6, 6.07) is -0.734. The van der Waals surface area contributed by atoms with E-state index in [-0.39, 0.29) is 31.3 Å². The number of ether oxygens (including phenoxy) is 1. The van der Waals surface area contributed by atoms with E-state index >= 15 is 0 Å². The molecule has 0 aliphatic carbocycles. The van der Waals surface area contributed by atoms with E-state index in [4.69, 9.17) is 4.74 Å². The van der Waals surface area contributed by atoms with E-state index in [1.54, 1.807) is 0 Å². The quantitative estimate of drug-likeness (QED) is 0.0321. The van der Waals surface area contributed by atoms with Gasteiger partial charge >= 0.3 is 5.97 Å². The van der Waals surface area contributed by atoms with E-state index in [1.165, 1.54) is 103 Å². The number of hydrogen-bond acceptors (Lipinski definition) is 5. The summed E-state index contributed by atoms with van der Waals surface area (Å²) in [5, 5.41) is 23.8. The molecule has 372 valence electrons. The predicted octanol–water partition coefficient (Wildman–Crippen LogP) is 16.5. The Balaban J connectivity index is 4.75. The maximum atomic E-state index is 13.2. The molecule has 0 spiro atoms. The number of carbonyl (C=O) groups is 2. The molecule has 0 saturated carbocycles. The molecular formula is C59H101NO5. The number of hydrogen-bond donors (Lipinski definition) is 3. The molecule has 0 aromatic carbocycles. The molecule has 0 aliphatic heterocycles. The van der Waals surface area contributed by atoms with Gasteiger partial charge in [-0.15, -0.1) is 0 Å². The molecule has 1 amide bonds. The minimum absolute atomic E-state index is 0.0171. The molecule has 0 heterocycles. The van der Waals surface area contributed by atoms with Crippen LogP contribution in [0.2, 0.25) is 0 Å². The average molecular weight is 904 g/mol. The van der Waals surface area contributed by atoms with Gasteiger partial charge in [-0.2, -0.15) is 0 Å². The number of carbonyl (C=O) groups excluding carboxylic acids is 2. The van der Waals surface area contributed by atoms with Crippen molar-refractivity contribution in [2.75, 3.05) is 6.61 Å². The van der Waals surface area contributed by atoms with Crippen LogP contribution in [0.5, 0.6) is 0 Å².